The van der Waals surface area contributed by atoms with Crippen LogP contribution in [0.2, 0.25) is 0 Å². The highest BCUT2D eigenvalue weighted by atomic mass is 15.3. The maximum absolute atomic E-state index is 4.76. The summed E-state index contributed by atoms with van der Waals surface area (Å²) in [5.41, 5.74) is 3.48. The van der Waals surface area contributed by atoms with Crippen LogP contribution >= 0.6 is 0 Å². The van der Waals surface area contributed by atoms with E-state index in [2.05, 4.69) is 29.2 Å². The van der Waals surface area contributed by atoms with E-state index in [4.69, 9.17) is 4.98 Å². The molecular weight excluding hydrogens is 250 g/mol. The number of aromatic nitrogens is 4. The first-order valence-corrected chi connectivity index (χ1v) is 7.31. The summed E-state index contributed by atoms with van der Waals surface area (Å²) in [6.45, 7) is 4.23. The zero-order chi connectivity index (χ0) is 14.1. The molecule has 5 heteroatoms. The predicted molar refractivity (Wildman–Crippen MR) is 79.8 cm³/mol. The van der Waals surface area contributed by atoms with E-state index in [1.165, 1.54) is 24.1 Å². The van der Waals surface area contributed by atoms with E-state index in [-0.39, 0.29) is 0 Å². The molecule has 3 rings (SSSR count). The third kappa shape index (κ3) is 2.28. The summed E-state index contributed by atoms with van der Waals surface area (Å²) >= 11 is 0. The first-order chi connectivity index (χ1) is 9.69. The number of rotatable bonds is 3. The Morgan fingerprint density at radius 3 is 2.70 bits per heavy atom. The van der Waals surface area contributed by atoms with Crippen LogP contribution in [0.4, 0.5) is 5.82 Å². The standard InChI is InChI=1S/C15H21N5/c1-10(2)20-9-11(8-17-20)14-18-13-7-5-4-6-12(13)15(16-3)19-14/h8-10H,4-7H2,1-3H3,(H,16,18,19). The molecule has 0 amide bonds. The summed E-state index contributed by atoms with van der Waals surface area (Å²) in [5.74, 6) is 1.75. The van der Waals surface area contributed by atoms with Crippen LogP contribution < -0.4 is 5.32 Å². The van der Waals surface area contributed by atoms with Gasteiger partial charge in [-0.3, -0.25) is 4.68 Å². The number of nitrogens with zero attached hydrogens (tertiary/aromatic N) is 4. The minimum absolute atomic E-state index is 0.352. The molecule has 20 heavy (non-hydrogen) atoms. The summed E-state index contributed by atoms with van der Waals surface area (Å²) in [4.78, 5) is 9.43. The van der Waals surface area contributed by atoms with Gasteiger partial charge in [-0.25, -0.2) is 9.97 Å². The van der Waals surface area contributed by atoms with Gasteiger partial charge < -0.3 is 5.32 Å². The lowest BCUT2D eigenvalue weighted by Crippen LogP contribution is -2.11. The molecule has 5 nitrogen and oxygen atoms in total. The van der Waals surface area contributed by atoms with E-state index in [0.29, 0.717) is 6.04 Å². The van der Waals surface area contributed by atoms with E-state index in [9.17, 15) is 0 Å². The van der Waals surface area contributed by atoms with Crippen molar-refractivity contribution < 1.29 is 0 Å². The van der Waals surface area contributed by atoms with Crippen LogP contribution in [0.1, 0.15) is 44.0 Å². The second-order valence-corrected chi connectivity index (χ2v) is 5.58. The number of hydrogen-bond donors (Lipinski definition) is 1. The van der Waals surface area contributed by atoms with Crippen molar-refractivity contribution in [2.24, 2.45) is 0 Å². The normalized spacial score (nSPS) is 14.4. The number of aryl methyl sites for hydroxylation is 1. The Labute approximate surface area is 119 Å². The van der Waals surface area contributed by atoms with Crippen LogP contribution in [0.15, 0.2) is 12.4 Å². The van der Waals surface area contributed by atoms with Gasteiger partial charge in [0.15, 0.2) is 5.82 Å². The number of nitrogens with one attached hydrogen (secondary N) is 1. The molecule has 2 aromatic rings. The topological polar surface area (TPSA) is 55.6 Å². The van der Waals surface area contributed by atoms with Crippen LogP contribution in [0.25, 0.3) is 11.4 Å². The Morgan fingerprint density at radius 2 is 2.00 bits per heavy atom. The van der Waals surface area contributed by atoms with Crippen molar-refractivity contribution in [3.05, 3.63) is 23.7 Å². The number of anilines is 1. The van der Waals surface area contributed by atoms with Crippen molar-refractivity contribution in [1.82, 2.24) is 19.7 Å². The van der Waals surface area contributed by atoms with Gasteiger partial charge in [-0.15, -0.1) is 0 Å². The SMILES string of the molecule is CNc1nc(-c2cnn(C(C)C)c2)nc2c1CCCC2. The van der Waals surface area contributed by atoms with Gasteiger partial charge in [0.1, 0.15) is 5.82 Å². The van der Waals surface area contributed by atoms with Gasteiger partial charge in [0.05, 0.1) is 11.8 Å². The van der Waals surface area contributed by atoms with E-state index in [0.717, 1.165) is 30.0 Å². The Balaban J connectivity index is 2.04. The van der Waals surface area contributed by atoms with Crippen molar-refractivity contribution in [2.45, 2.75) is 45.6 Å². The summed E-state index contributed by atoms with van der Waals surface area (Å²) in [6, 6.07) is 0.352. The fraction of sp³-hybridized carbons (Fsp3) is 0.533. The fourth-order valence-electron chi connectivity index (χ4n) is 2.67. The van der Waals surface area contributed by atoms with Crippen LogP contribution in [0, 0.1) is 0 Å². The highest BCUT2D eigenvalue weighted by molar-refractivity contribution is 5.58. The van der Waals surface area contributed by atoms with Crippen molar-refractivity contribution in [2.75, 3.05) is 12.4 Å². The molecule has 2 aromatic heterocycles. The van der Waals surface area contributed by atoms with Gasteiger partial charge in [-0.05, 0) is 39.5 Å². The molecule has 106 valence electrons. The van der Waals surface area contributed by atoms with Gasteiger partial charge in [0, 0.05) is 30.5 Å². The third-order valence-electron chi connectivity index (χ3n) is 3.81. The molecule has 0 bridgehead atoms. The summed E-state index contributed by atoms with van der Waals surface area (Å²) in [5, 5.41) is 7.59. The van der Waals surface area contributed by atoms with Crippen molar-refractivity contribution in [1.29, 1.82) is 0 Å². The van der Waals surface area contributed by atoms with E-state index >= 15 is 0 Å². The largest absolute Gasteiger partial charge is 0.373 e. The average Bonchev–Trinajstić information content (AvgIpc) is 2.96. The van der Waals surface area contributed by atoms with E-state index in [1.807, 2.05) is 24.1 Å². The monoisotopic (exact) mass is 271 g/mol. The van der Waals surface area contributed by atoms with Crippen LogP contribution in [-0.2, 0) is 12.8 Å². The second-order valence-electron chi connectivity index (χ2n) is 5.58. The number of fused-ring (bicyclic) bond motifs is 1. The van der Waals surface area contributed by atoms with Crippen LogP contribution in [0.5, 0.6) is 0 Å². The van der Waals surface area contributed by atoms with Gasteiger partial charge in [-0.2, -0.15) is 5.10 Å². The molecule has 0 aromatic carbocycles. The van der Waals surface area contributed by atoms with Gasteiger partial charge in [0.25, 0.3) is 0 Å². The molecule has 0 fully saturated rings. The van der Waals surface area contributed by atoms with Gasteiger partial charge in [-0.1, -0.05) is 0 Å². The Kier molecular flexibility index (Phi) is 3.42. The Hall–Kier alpha value is -1.91. The van der Waals surface area contributed by atoms with Crippen molar-refractivity contribution >= 4 is 5.82 Å². The maximum Gasteiger partial charge on any atom is 0.164 e. The molecule has 0 radical (unpaired) electrons. The van der Waals surface area contributed by atoms with Crippen LogP contribution in [0.3, 0.4) is 0 Å². The summed E-state index contributed by atoms with van der Waals surface area (Å²) < 4.78 is 1.94. The maximum atomic E-state index is 4.76. The summed E-state index contributed by atoms with van der Waals surface area (Å²) in [6.07, 6.45) is 8.46. The van der Waals surface area contributed by atoms with Gasteiger partial charge in [0.2, 0.25) is 0 Å². The molecule has 0 saturated heterocycles. The summed E-state index contributed by atoms with van der Waals surface area (Å²) in [7, 11) is 1.93. The Bertz CT molecular complexity index is 597. The van der Waals surface area contributed by atoms with Crippen molar-refractivity contribution in [3.8, 4) is 11.4 Å². The van der Waals surface area contributed by atoms with E-state index in [1.54, 1.807) is 0 Å². The molecule has 2 heterocycles. The fourth-order valence-corrected chi connectivity index (χ4v) is 2.67. The first-order valence-electron chi connectivity index (χ1n) is 7.31. The molecule has 0 spiro atoms. The van der Waals surface area contributed by atoms with E-state index < -0.39 is 0 Å². The lowest BCUT2D eigenvalue weighted by atomic mass is 9.96. The zero-order valence-electron chi connectivity index (χ0n) is 12.3. The minimum atomic E-state index is 0.352. The molecule has 0 unspecified atom stereocenters. The van der Waals surface area contributed by atoms with Gasteiger partial charge >= 0.3 is 0 Å². The first kappa shape index (κ1) is 13.1. The Morgan fingerprint density at radius 1 is 1.20 bits per heavy atom. The zero-order valence-corrected chi connectivity index (χ0v) is 12.3. The lowest BCUT2D eigenvalue weighted by Gasteiger charge is -2.18. The number of hydrogen-bond acceptors (Lipinski definition) is 4. The molecule has 0 saturated carbocycles. The average molecular weight is 271 g/mol. The smallest absolute Gasteiger partial charge is 0.164 e. The minimum Gasteiger partial charge on any atom is -0.373 e. The quantitative estimate of drug-likeness (QED) is 0.932. The van der Waals surface area contributed by atoms with Crippen LogP contribution in [-0.4, -0.2) is 26.8 Å². The predicted octanol–water partition coefficient (Wildman–Crippen LogP) is 2.84. The molecule has 0 atom stereocenters. The second kappa shape index (κ2) is 5.23. The highest BCUT2D eigenvalue weighted by Crippen LogP contribution is 2.28. The molecule has 1 aliphatic carbocycles. The van der Waals surface area contributed by atoms with Crippen molar-refractivity contribution in [3.63, 3.8) is 0 Å². The molecule has 1 aliphatic rings. The molecule has 1 N–H and O–H groups in total. The lowest BCUT2D eigenvalue weighted by molar-refractivity contribution is 0.532. The highest BCUT2D eigenvalue weighted by Gasteiger charge is 2.18. The third-order valence-corrected chi connectivity index (χ3v) is 3.81. The molecule has 0 aliphatic heterocycles. The molecular formula is C15H21N5.